The third-order valence-electron chi connectivity index (χ3n) is 5.75. The molecule has 1 saturated heterocycles. The van der Waals surface area contributed by atoms with E-state index in [0.29, 0.717) is 42.7 Å². The monoisotopic (exact) mass is 361 g/mol. The van der Waals surface area contributed by atoms with Crippen molar-refractivity contribution in [2.75, 3.05) is 18.4 Å². The van der Waals surface area contributed by atoms with Gasteiger partial charge >= 0.3 is 6.03 Å². The van der Waals surface area contributed by atoms with Crippen LogP contribution < -0.4 is 5.32 Å². The molecule has 27 heavy (non-hydrogen) atoms. The number of fused-ring (bicyclic) bond motifs is 1. The van der Waals surface area contributed by atoms with Gasteiger partial charge in [0.05, 0.1) is 12.2 Å². The fourth-order valence-corrected chi connectivity index (χ4v) is 4.60. The highest BCUT2D eigenvalue weighted by molar-refractivity contribution is 5.90. The van der Waals surface area contributed by atoms with E-state index in [4.69, 9.17) is 6.57 Å². The summed E-state index contributed by atoms with van der Waals surface area (Å²) in [5.74, 6) is 0.693. The summed E-state index contributed by atoms with van der Waals surface area (Å²) in [6, 6.07) is 16.9. The Bertz CT molecular complexity index is 861. The molecule has 1 unspecified atom stereocenters. The Morgan fingerprint density at radius 1 is 1.15 bits per heavy atom. The molecular formula is C22H23N3O2. The number of urea groups is 1. The van der Waals surface area contributed by atoms with E-state index in [0.717, 1.165) is 18.4 Å². The third-order valence-corrected chi connectivity index (χ3v) is 5.75. The molecule has 1 aliphatic heterocycles. The van der Waals surface area contributed by atoms with E-state index in [-0.39, 0.29) is 6.03 Å². The molecule has 3 atom stereocenters. The number of amides is 2. The topological polar surface area (TPSA) is 56.9 Å². The predicted octanol–water partition coefficient (Wildman–Crippen LogP) is 4.08. The van der Waals surface area contributed by atoms with Gasteiger partial charge in [-0.3, -0.25) is 0 Å². The highest BCUT2D eigenvalue weighted by Gasteiger charge is 2.49. The molecule has 1 aliphatic carbocycles. The van der Waals surface area contributed by atoms with E-state index >= 15 is 0 Å². The standard InChI is InChI=1S/C22H23N3O2/c1-23-19-8-5-9-20(10-19)24-21(26)25-14-17-12-22(27,13-18(17)15-25)11-16-6-3-2-4-7-16/h2-10,17-18,27H,11-15H2,(H,24,26)/t17-,18+,22?. The Labute approximate surface area is 159 Å². The molecule has 2 aromatic carbocycles. The number of nitrogens with one attached hydrogen (secondary N) is 1. The zero-order valence-electron chi connectivity index (χ0n) is 15.1. The van der Waals surface area contributed by atoms with Crippen LogP contribution >= 0.6 is 0 Å². The number of carbonyl (C=O) groups excluding carboxylic acids is 1. The number of anilines is 1. The number of carbonyl (C=O) groups is 1. The van der Waals surface area contributed by atoms with Gasteiger partial charge in [0.1, 0.15) is 0 Å². The van der Waals surface area contributed by atoms with Crippen LogP contribution in [0.15, 0.2) is 54.6 Å². The van der Waals surface area contributed by atoms with Crippen LogP contribution in [0, 0.1) is 18.4 Å². The fourth-order valence-electron chi connectivity index (χ4n) is 4.60. The highest BCUT2D eigenvalue weighted by Crippen LogP contribution is 2.45. The Hall–Kier alpha value is -2.84. The molecule has 2 amide bonds. The van der Waals surface area contributed by atoms with Crippen molar-refractivity contribution in [1.29, 1.82) is 0 Å². The van der Waals surface area contributed by atoms with Crippen molar-refractivity contribution >= 4 is 17.4 Å². The molecule has 4 rings (SSSR count). The number of hydrogen-bond donors (Lipinski definition) is 2. The van der Waals surface area contributed by atoms with Gasteiger partial charge in [0.15, 0.2) is 5.69 Å². The van der Waals surface area contributed by atoms with Gasteiger partial charge in [-0.25, -0.2) is 9.64 Å². The van der Waals surface area contributed by atoms with Crippen LogP contribution in [0.25, 0.3) is 4.85 Å². The van der Waals surface area contributed by atoms with Crippen LogP contribution in [-0.4, -0.2) is 34.7 Å². The predicted molar refractivity (Wildman–Crippen MR) is 105 cm³/mol. The van der Waals surface area contributed by atoms with Crippen molar-refractivity contribution in [2.24, 2.45) is 11.8 Å². The first-order valence-electron chi connectivity index (χ1n) is 9.34. The van der Waals surface area contributed by atoms with Crippen molar-refractivity contribution in [3.05, 3.63) is 71.6 Å². The van der Waals surface area contributed by atoms with Crippen molar-refractivity contribution in [3.8, 4) is 0 Å². The zero-order valence-corrected chi connectivity index (χ0v) is 15.1. The average molecular weight is 361 g/mol. The van der Waals surface area contributed by atoms with Crippen molar-refractivity contribution in [3.63, 3.8) is 0 Å². The van der Waals surface area contributed by atoms with Crippen LogP contribution in [0.5, 0.6) is 0 Å². The van der Waals surface area contributed by atoms with E-state index < -0.39 is 5.60 Å². The van der Waals surface area contributed by atoms with Gasteiger partial charge in [-0.1, -0.05) is 42.5 Å². The molecule has 0 bridgehead atoms. The number of aliphatic hydroxyl groups is 1. The molecule has 5 nitrogen and oxygen atoms in total. The number of likely N-dealkylation sites (tertiary alicyclic amines) is 1. The Kier molecular flexibility index (Phi) is 4.59. The van der Waals surface area contributed by atoms with Gasteiger partial charge in [-0.05, 0) is 42.4 Å². The van der Waals surface area contributed by atoms with E-state index in [1.54, 1.807) is 24.3 Å². The summed E-state index contributed by atoms with van der Waals surface area (Å²) in [6.07, 6.45) is 2.16. The molecule has 0 spiro atoms. The van der Waals surface area contributed by atoms with Crippen LogP contribution in [0.3, 0.4) is 0 Å². The summed E-state index contributed by atoms with van der Waals surface area (Å²) in [5.41, 5.74) is 1.65. The van der Waals surface area contributed by atoms with Crippen molar-refractivity contribution in [1.82, 2.24) is 4.90 Å². The first kappa shape index (κ1) is 17.6. The molecule has 5 heteroatoms. The van der Waals surface area contributed by atoms with Gasteiger partial charge in [0, 0.05) is 25.2 Å². The normalized spacial score (nSPS) is 26.4. The minimum absolute atomic E-state index is 0.127. The number of benzene rings is 2. The molecule has 1 heterocycles. The van der Waals surface area contributed by atoms with Crippen LogP contribution in [0.1, 0.15) is 18.4 Å². The summed E-state index contributed by atoms with van der Waals surface area (Å²) in [6.45, 7) is 8.42. The van der Waals surface area contributed by atoms with Crippen LogP contribution in [-0.2, 0) is 6.42 Å². The number of nitrogens with zero attached hydrogens (tertiary/aromatic N) is 2. The summed E-state index contributed by atoms with van der Waals surface area (Å²) in [7, 11) is 0. The van der Waals surface area contributed by atoms with Gasteiger partial charge < -0.3 is 15.3 Å². The van der Waals surface area contributed by atoms with Crippen molar-refractivity contribution in [2.45, 2.75) is 24.9 Å². The molecule has 2 fully saturated rings. The van der Waals surface area contributed by atoms with Crippen LogP contribution in [0.4, 0.5) is 16.2 Å². The minimum Gasteiger partial charge on any atom is -0.390 e. The second-order valence-corrected chi connectivity index (χ2v) is 7.81. The third kappa shape index (κ3) is 3.81. The second-order valence-electron chi connectivity index (χ2n) is 7.81. The molecule has 0 radical (unpaired) electrons. The average Bonchev–Trinajstić information content (AvgIpc) is 3.17. The van der Waals surface area contributed by atoms with Gasteiger partial charge in [0.25, 0.3) is 0 Å². The lowest BCUT2D eigenvalue weighted by Crippen LogP contribution is -2.36. The first-order chi connectivity index (χ1) is 13.0. The van der Waals surface area contributed by atoms with Crippen LogP contribution in [0.2, 0.25) is 0 Å². The summed E-state index contributed by atoms with van der Waals surface area (Å²) in [4.78, 5) is 17.8. The summed E-state index contributed by atoms with van der Waals surface area (Å²) in [5, 5.41) is 13.9. The molecule has 2 aliphatic rings. The second kappa shape index (κ2) is 7.05. The Morgan fingerprint density at radius 3 is 2.52 bits per heavy atom. The Morgan fingerprint density at radius 2 is 1.85 bits per heavy atom. The molecule has 2 N–H and O–H groups in total. The fraction of sp³-hybridized carbons (Fsp3) is 0.364. The van der Waals surface area contributed by atoms with Crippen molar-refractivity contribution < 1.29 is 9.90 Å². The lowest BCUT2D eigenvalue weighted by molar-refractivity contribution is 0.0368. The number of hydrogen-bond acceptors (Lipinski definition) is 2. The summed E-state index contributed by atoms with van der Waals surface area (Å²) >= 11 is 0. The molecule has 138 valence electrons. The quantitative estimate of drug-likeness (QED) is 0.809. The van der Waals surface area contributed by atoms with E-state index in [1.807, 2.05) is 23.1 Å². The molecular weight excluding hydrogens is 338 g/mol. The van der Waals surface area contributed by atoms with E-state index in [1.165, 1.54) is 0 Å². The lowest BCUT2D eigenvalue weighted by Gasteiger charge is -2.26. The smallest absolute Gasteiger partial charge is 0.321 e. The van der Waals surface area contributed by atoms with E-state index in [9.17, 15) is 9.90 Å². The molecule has 2 aromatic rings. The van der Waals surface area contributed by atoms with E-state index in [2.05, 4.69) is 22.3 Å². The summed E-state index contributed by atoms with van der Waals surface area (Å²) < 4.78 is 0. The van der Waals surface area contributed by atoms with Gasteiger partial charge in [-0.15, -0.1) is 0 Å². The first-order valence-corrected chi connectivity index (χ1v) is 9.34. The molecule has 0 aromatic heterocycles. The SMILES string of the molecule is [C-]#[N+]c1cccc(NC(=O)N2C[C@@H]3CC(O)(Cc4ccccc4)C[C@@H]3C2)c1. The maximum absolute atomic E-state index is 12.6. The minimum atomic E-state index is -0.663. The molecule has 1 saturated carbocycles. The van der Waals surface area contributed by atoms with Gasteiger partial charge in [0.2, 0.25) is 0 Å². The zero-order chi connectivity index (χ0) is 18.9. The maximum atomic E-state index is 12.6. The highest BCUT2D eigenvalue weighted by atomic mass is 16.3. The number of rotatable bonds is 3. The Balaban J connectivity index is 1.35. The lowest BCUT2D eigenvalue weighted by atomic mass is 9.91. The largest absolute Gasteiger partial charge is 0.390 e. The maximum Gasteiger partial charge on any atom is 0.321 e. The van der Waals surface area contributed by atoms with Gasteiger partial charge in [-0.2, -0.15) is 0 Å².